The van der Waals surface area contributed by atoms with Crippen molar-refractivity contribution in [3.63, 3.8) is 0 Å². The number of nitrogens with two attached hydrogens (primary N) is 1. The van der Waals surface area contributed by atoms with Crippen LogP contribution in [-0.4, -0.2) is 16.7 Å². The highest BCUT2D eigenvalue weighted by Gasteiger charge is 2.25. The van der Waals surface area contributed by atoms with Gasteiger partial charge < -0.3 is 16.0 Å². The molecule has 0 spiro atoms. The van der Waals surface area contributed by atoms with Gasteiger partial charge in [0.1, 0.15) is 0 Å². The van der Waals surface area contributed by atoms with Crippen LogP contribution in [0.4, 0.5) is 5.69 Å². The molecule has 4 N–H and O–H groups in total. The molecule has 1 aliphatic rings. The van der Waals surface area contributed by atoms with Crippen LogP contribution in [0.3, 0.4) is 0 Å². The number of ketones is 1. The predicted molar refractivity (Wildman–Crippen MR) is 89.7 cm³/mol. The maximum atomic E-state index is 12.5. The summed E-state index contributed by atoms with van der Waals surface area (Å²) < 4.78 is 0. The van der Waals surface area contributed by atoms with E-state index in [4.69, 9.17) is 5.73 Å². The van der Waals surface area contributed by atoms with Crippen LogP contribution in [0.1, 0.15) is 58.7 Å². The zero-order chi connectivity index (χ0) is 16.6. The number of nitrogens with one attached hydrogen (secondary N) is 2. The van der Waals surface area contributed by atoms with E-state index in [1.54, 1.807) is 6.20 Å². The number of amides is 1. The van der Waals surface area contributed by atoms with Crippen molar-refractivity contribution in [1.29, 1.82) is 0 Å². The van der Waals surface area contributed by atoms with E-state index >= 15 is 0 Å². The van der Waals surface area contributed by atoms with E-state index in [9.17, 15) is 9.59 Å². The molecule has 23 heavy (non-hydrogen) atoms. The zero-order valence-electron chi connectivity index (χ0n) is 13.4. The molecule has 5 nitrogen and oxygen atoms in total. The SMILES string of the molecule is CC(C)(N)c1ccc(NC(=O)c2c[nH]c3c2C(=O)CCC3)cc1. The maximum absolute atomic E-state index is 12.5. The summed E-state index contributed by atoms with van der Waals surface area (Å²) >= 11 is 0. The number of fused-ring (bicyclic) bond motifs is 1. The minimum Gasteiger partial charge on any atom is -0.364 e. The van der Waals surface area contributed by atoms with Gasteiger partial charge in [-0.25, -0.2) is 0 Å². The van der Waals surface area contributed by atoms with Crippen molar-refractivity contribution in [3.8, 4) is 0 Å². The van der Waals surface area contributed by atoms with Gasteiger partial charge in [0.25, 0.3) is 5.91 Å². The van der Waals surface area contributed by atoms with Gasteiger partial charge in [0.15, 0.2) is 5.78 Å². The highest BCUT2D eigenvalue weighted by molar-refractivity contribution is 6.13. The van der Waals surface area contributed by atoms with E-state index in [1.165, 1.54) is 0 Å². The summed E-state index contributed by atoms with van der Waals surface area (Å²) in [5.74, 6) is -0.226. The predicted octanol–water partition coefficient (Wildman–Crippen LogP) is 2.98. The molecule has 0 fully saturated rings. The Kier molecular flexibility index (Phi) is 3.82. The maximum Gasteiger partial charge on any atom is 0.257 e. The van der Waals surface area contributed by atoms with Crippen molar-refractivity contribution in [1.82, 2.24) is 4.98 Å². The molecule has 120 valence electrons. The van der Waals surface area contributed by atoms with Gasteiger partial charge in [0, 0.05) is 29.5 Å². The van der Waals surface area contributed by atoms with Gasteiger partial charge in [0.05, 0.1) is 11.1 Å². The molecule has 0 radical (unpaired) electrons. The number of aryl methyl sites for hydroxylation is 1. The first-order chi connectivity index (χ1) is 10.9. The van der Waals surface area contributed by atoms with Crippen LogP contribution in [0.15, 0.2) is 30.5 Å². The van der Waals surface area contributed by atoms with E-state index in [1.807, 2.05) is 38.1 Å². The molecule has 0 atom stereocenters. The number of H-pyrrole nitrogens is 1. The van der Waals surface area contributed by atoms with Crippen molar-refractivity contribution < 1.29 is 9.59 Å². The minimum absolute atomic E-state index is 0.0397. The molecule has 0 saturated heterocycles. The first kappa shape index (κ1) is 15.5. The van der Waals surface area contributed by atoms with Crippen molar-refractivity contribution in [2.45, 2.75) is 38.6 Å². The van der Waals surface area contributed by atoms with Crippen LogP contribution in [0, 0.1) is 0 Å². The first-order valence-electron chi connectivity index (χ1n) is 7.80. The Morgan fingerprint density at radius 3 is 2.57 bits per heavy atom. The van der Waals surface area contributed by atoms with Crippen LogP contribution in [0.2, 0.25) is 0 Å². The van der Waals surface area contributed by atoms with Crippen molar-refractivity contribution in [2.24, 2.45) is 5.73 Å². The van der Waals surface area contributed by atoms with Gasteiger partial charge in [-0.15, -0.1) is 0 Å². The summed E-state index contributed by atoms with van der Waals surface area (Å²) in [4.78, 5) is 27.6. The Labute approximate surface area is 135 Å². The van der Waals surface area contributed by atoms with E-state index in [0.717, 1.165) is 24.1 Å². The lowest BCUT2D eigenvalue weighted by molar-refractivity contribution is 0.0956. The molecule has 1 heterocycles. The lowest BCUT2D eigenvalue weighted by atomic mass is 9.93. The Morgan fingerprint density at radius 1 is 1.22 bits per heavy atom. The number of rotatable bonds is 3. The fourth-order valence-electron chi connectivity index (χ4n) is 2.89. The number of anilines is 1. The van der Waals surface area contributed by atoms with Crippen molar-refractivity contribution >= 4 is 17.4 Å². The first-order valence-corrected chi connectivity index (χ1v) is 7.80. The smallest absolute Gasteiger partial charge is 0.257 e. The fourth-order valence-corrected chi connectivity index (χ4v) is 2.89. The van der Waals surface area contributed by atoms with E-state index in [2.05, 4.69) is 10.3 Å². The summed E-state index contributed by atoms with van der Waals surface area (Å²) in [5, 5.41) is 2.84. The topological polar surface area (TPSA) is 88.0 Å². The molecule has 1 aromatic heterocycles. The van der Waals surface area contributed by atoms with Crippen molar-refractivity contribution in [3.05, 3.63) is 52.8 Å². The molecule has 2 aromatic rings. The highest BCUT2D eigenvalue weighted by atomic mass is 16.2. The minimum atomic E-state index is -0.422. The normalized spacial score (nSPS) is 14.5. The fraction of sp³-hybridized carbons (Fsp3) is 0.333. The number of carbonyl (C=O) groups is 2. The molecule has 0 saturated carbocycles. The lowest BCUT2D eigenvalue weighted by Crippen LogP contribution is -2.28. The Hall–Kier alpha value is -2.40. The van der Waals surface area contributed by atoms with Crippen LogP contribution < -0.4 is 11.1 Å². The number of hydrogen-bond donors (Lipinski definition) is 3. The summed E-state index contributed by atoms with van der Waals surface area (Å²) in [6.45, 7) is 3.86. The molecule has 0 unspecified atom stereocenters. The molecule has 1 aromatic carbocycles. The standard InChI is InChI=1S/C18H21N3O2/c1-18(2,19)11-6-8-12(9-7-11)21-17(23)13-10-20-14-4-3-5-15(22)16(13)14/h6-10,20H,3-5,19H2,1-2H3,(H,21,23). The second kappa shape index (κ2) is 5.66. The second-order valence-corrected chi connectivity index (χ2v) is 6.59. The van der Waals surface area contributed by atoms with Gasteiger partial charge in [-0.05, 0) is 44.4 Å². The van der Waals surface area contributed by atoms with E-state index in [0.29, 0.717) is 23.2 Å². The highest BCUT2D eigenvalue weighted by Crippen LogP contribution is 2.25. The van der Waals surface area contributed by atoms with Gasteiger partial charge in [0.2, 0.25) is 0 Å². The summed E-state index contributed by atoms with van der Waals surface area (Å²) in [5.41, 5.74) is 9.14. The van der Waals surface area contributed by atoms with Gasteiger partial charge in [-0.1, -0.05) is 12.1 Å². The van der Waals surface area contributed by atoms with Gasteiger partial charge in [-0.2, -0.15) is 0 Å². The van der Waals surface area contributed by atoms with E-state index < -0.39 is 5.54 Å². The monoisotopic (exact) mass is 311 g/mol. The van der Waals surface area contributed by atoms with E-state index in [-0.39, 0.29) is 11.7 Å². The molecule has 1 aliphatic carbocycles. The molecule has 1 amide bonds. The van der Waals surface area contributed by atoms with Gasteiger partial charge in [-0.3, -0.25) is 9.59 Å². The molecular formula is C18H21N3O2. The third kappa shape index (κ3) is 3.05. The number of benzene rings is 1. The quantitative estimate of drug-likeness (QED) is 0.814. The number of aromatic amines is 1. The average molecular weight is 311 g/mol. The summed E-state index contributed by atoms with van der Waals surface area (Å²) in [6.07, 6.45) is 3.78. The van der Waals surface area contributed by atoms with Crippen molar-refractivity contribution in [2.75, 3.05) is 5.32 Å². The average Bonchev–Trinajstić information content (AvgIpc) is 2.92. The zero-order valence-corrected chi connectivity index (χ0v) is 13.4. The Bertz CT molecular complexity index is 752. The molecule has 3 rings (SSSR count). The number of hydrogen-bond acceptors (Lipinski definition) is 3. The summed E-state index contributed by atoms with van der Waals surface area (Å²) in [7, 11) is 0. The third-order valence-corrected chi connectivity index (χ3v) is 4.20. The lowest BCUT2D eigenvalue weighted by Gasteiger charge is -2.19. The molecule has 0 aliphatic heterocycles. The van der Waals surface area contributed by atoms with Crippen LogP contribution >= 0.6 is 0 Å². The second-order valence-electron chi connectivity index (χ2n) is 6.59. The molecular weight excluding hydrogens is 290 g/mol. The Balaban J connectivity index is 1.80. The summed E-state index contributed by atoms with van der Waals surface area (Å²) in [6, 6.07) is 7.44. The number of carbonyl (C=O) groups excluding carboxylic acids is 2. The third-order valence-electron chi connectivity index (χ3n) is 4.20. The largest absolute Gasteiger partial charge is 0.364 e. The van der Waals surface area contributed by atoms with Crippen LogP contribution in [-0.2, 0) is 12.0 Å². The van der Waals surface area contributed by atoms with Crippen LogP contribution in [0.25, 0.3) is 0 Å². The van der Waals surface area contributed by atoms with Crippen LogP contribution in [0.5, 0.6) is 0 Å². The number of aromatic nitrogens is 1. The Morgan fingerprint density at radius 2 is 1.91 bits per heavy atom. The molecule has 0 bridgehead atoms. The van der Waals surface area contributed by atoms with Gasteiger partial charge >= 0.3 is 0 Å². The number of Topliss-reactive ketones (excluding diaryl/α,β-unsaturated/α-hetero) is 1. The molecule has 5 heteroatoms.